The van der Waals surface area contributed by atoms with Gasteiger partial charge in [-0.25, -0.2) is 4.39 Å². The topological polar surface area (TPSA) is 61.0 Å². The van der Waals surface area contributed by atoms with Crippen molar-refractivity contribution in [2.75, 3.05) is 11.5 Å². The summed E-state index contributed by atoms with van der Waals surface area (Å²) >= 11 is 2.92. The number of aromatic nitrogens is 2. The van der Waals surface area contributed by atoms with Crippen molar-refractivity contribution in [1.29, 1.82) is 0 Å². The molecule has 94 valence electrons. The lowest BCUT2D eigenvalue weighted by Gasteiger charge is -2.08. The number of thioether (sulfide) groups is 1. The number of ether oxygens (including phenoxy) is 1. The van der Waals surface area contributed by atoms with E-state index >= 15 is 0 Å². The average Bonchev–Trinajstić information content (AvgIpc) is 2.92. The standard InChI is InChI=1S/C11H10FN3OS2/c12-7-1-2-9-6(3-7)4-8(16-9)5-17-11-15-14-10(13)18-11/h1-3,8H,4-5H2,(H2,13,14). The Labute approximate surface area is 111 Å². The Hall–Kier alpha value is -1.34. The van der Waals surface area contributed by atoms with Gasteiger partial charge in [-0.15, -0.1) is 10.2 Å². The van der Waals surface area contributed by atoms with Gasteiger partial charge in [-0.1, -0.05) is 23.1 Å². The molecule has 1 unspecified atom stereocenters. The van der Waals surface area contributed by atoms with Gasteiger partial charge in [0.1, 0.15) is 17.7 Å². The van der Waals surface area contributed by atoms with E-state index in [0.717, 1.165) is 27.8 Å². The first kappa shape index (κ1) is 11.7. The van der Waals surface area contributed by atoms with Crippen molar-refractivity contribution in [2.24, 2.45) is 0 Å². The first-order valence-electron chi connectivity index (χ1n) is 5.37. The van der Waals surface area contributed by atoms with Crippen molar-refractivity contribution in [1.82, 2.24) is 10.2 Å². The van der Waals surface area contributed by atoms with E-state index in [9.17, 15) is 4.39 Å². The second-order valence-electron chi connectivity index (χ2n) is 3.91. The molecule has 0 aliphatic carbocycles. The molecule has 7 heteroatoms. The summed E-state index contributed by atoms with van der Waals surface area (Å²) < 4.78 is 19.6. The van der Waals surface area contributed by atoms with Crippen LogP contribution in [0.4, 0.5) is 9.52 Å². The van der Waals surface area contributed by atoms with Crippen molar-refractivity contribution >= 4 is 28.2 Å². The van der Waals surface area contributed by atoms with Gasteiger partial charge in [-0.3, -0.25) is 0 Å². The Kier molecular flexibility index (Phi) is 3.09. The van der Waals surface area contributed by atoms with Crippen LogP contribution >= 0.6 is 23.1 Å². The predicted molar refractivity (Wildman–Crippen MR) is 69.6 cm³/mol. The van der Waals surface area contributed by atoms with E-state index in [2.05, 4.69) is 10.2 Å². The van der Waals surface area contributed by atoms with Gasteiger partial charge in [-0.2, -0.15) is 0 Å². The molecule has 2 aromatic rings. The third kappa shape index (κ3) is 2.41. The van der Waals surface area contributed by atoms with Crippen LogP contribution in [0, 0.1) is 5.82 Å². The number of hydrogen-bond acceptors (Lipinski definition) is 6. The molecular formula is C11H10FN3OS2. The summed E-state index contributed by atoms with van der Waals surface area (Å²) in [5, 5.41) is 8.15. The summed E-state index contributed by atoms with van der Waals surface area (Å²) in [6, 6.07) is 4.63. The van der Waals surface area contributed by atoms with Crippen LogP contribution in [-0.4, -0.2) is 22.1 Å². The summed E-state index contributed by atoms with van der Waals surface area (Å²) in [5.41, 5.74) is 6.43. The highest BCUT2D eigenvalue weighted by Crippen LogP contribution is 2.32. The lowest BCUT2D eigenvalue weighted by Crippen LogP contribution is -2.15. The van der Waals surface area contributed by atoms with E-state index in [-0.39, 0.29) is 11.9 Å². The number of benzene rings is 1. The highest BCUT2D eigenvalue weighted by molar-refractivity contribution is 8.01. The average molecular weight is 283 g/mol. The van der Waals surface area contributed by atoms with Crippen LogP contribution in [0.3, 0.4) is 0 Å². The zero-order valence-corrected chi connectivity index (χ0v) is 10.9. The van der Waals surface area contributed by atoms with E-state index in [1.54, 1.807) is 17.8 Å². The fraction of sp³-hybridized carbons (Fsp3) is 0.273. The minimum atomic E-state index is -0.220. The number of anilines is 1. The fourth-order valence-corrected chi connectivity index (χ4v) is 3.48. The number of hydrogen-bond donors (Lipinski definition) is 1. The summed E-state index contributed by atoms with van der Waals surface area (Å²) in [6.45, 7) is 0. The van der Waals surface area contributed by atoms with Gasteiger partial charge in [0.15, 0.2) is 4.34 Å². The highest BCUT2D eigenvalue weighted by atomic mass is 32.2. The first-order valence-corrected chi connectivity index (χ1v) is 7.18. The second-order valence-corrected chi connectivity index (χ2v) is 6.19. The molecule has 2 N–H and O–H groups in total. The number of nitrogen functional groups attached to an aromatic ring is 1. The molecule has 1 aromatic carbocycles. The van der Waals surface area contributed by atoms with Crippen molar-refractivity contribution in [3.63, 3.8) is 0 Å². The molecule has 0 bridgehead atoms. The summed E-state index contributed by atoms with van der Waals surface area (Å²) in [5.74, 6) is 1.31. The van der Waals surface area contributed by atoms with E-state index in [1.165, 1.54) is 23.5 Å². The molecule has 18 heavy (non-hydrogen) atoms. The summed E-state index contributed by atoms with van der Waals surface area (Å²) in [7, 11) is 0. The molecule has 0 saturated carbocycles. The quantitative estimate of drug-likeness (QED) is 0.876. The van der Waals surface area contributed by atoms with Crippen LogP contribution in [0.25, 0.3) is 0 Å². The van der Waals surface area contributed by atoms with E-state index in [1.807, 2.05) is 0 Å². The minimum absolute atomic E-state index is 0.0527. The fourth-order valence-electron chi connectivity index (χ4n) is 1.82. The highest BCUT2D eigenvalue weighted by Gasteiger charge is 2.23. The molecule has 0 spiro atoms. The van der Waals surface area contributed by atoms with E-state index in [0.29, 0.717) is 5.13 Å². The molecule has 4 nitrogen and oxygen atoms in total. The van der Waals surface area contributed by atoms with Crippen LogP contribution < -0.4 is 10.5 Å². The van der Waals surface area contributed by atoms with Crippen molar-refractivity contribution in [2.45, 2.75) is 16.9 Å². The predicted octanol–water partition coefficient (Wildman–Crippen LogP) is 2.36. The van der Waals surface area contributed by atoms with Crippen molar-refractivity contribution in [3.05, 3.63) is 29.6 Å². The van der Waals surface area contributed by atoms with Gasteiger partial charge in [0.25, 0.3) is 0 Å². The normalized spacial score (nSPS) is 17.5. The Morgan fingerprint density at radius 3 is 3.17 bits per heavy atom. The van der Waals surface area contributed by atoms with Gasteiger partial charge in [0.05, 0.1) is 0 Å². The van der Waals surface area contributed by atoms with Crippen molar-refractivity contribution in [3.8, 4) is 5.75 Å². The molecule has 0 fully saturated rings. The number of nitrogens with zero attached hydrogens (tertiary/aromatic N) is 2. The molecule has 1 aromatic heterocycles. The number of fused-ring (bicyclic) bond motifs is 1. The van der Waals surface area contributed by atoms with Gasteiger partial charge >= 0.3 is 0 Å². The van der Waals surface area contributed by atoms with Crippen LogP contribution in [0.5, 0.6) is 5.75 Å². The van der Waals surface area contributed by atoms with Gasteiger partial charge in [-0.05, 0) is 18.2 Å². The third-order valence-electron chi connectivity index (χ3n) is 2.58. The molecule has 1 atom stereocenters. The van der Waals surface area contributed by atoms with Crippen molar-refractivity contribution < 1.29 is 9.13 Å². The SMILES string of the molecule is Nc1nnc(SCC2Cc3cc(F)ccc3O2)s1. The van der Waals surface area contributed by atoms with Crippen LogP contribution in [0.1, 0.15) is 5.56 Å². The lowest BCUT2D eigenvalue weighted by molar-refractivity contribution is 0.259. The molecular weight excluding hydrogens is 273 g/mol. The number of halogens is 1. The maximum atomic E-state index is 13.1. The third-order valence-corrected chi connectivity index (χ3v) is 4.60. The van der Waals surface area contributed by atoms with E-state index in [4.69, 9.17) is 10.5 Å². The van der Waals surface area contributed by atoms with Gasteiger partial charge in [0, 0.05) is 17.7 Å². The Balaban J connectivity index is 1.61. The van der Waals surface area contributed by atoms with Gasteiger partial charge in [0.2, 0.25) is 5.13 Å². The molecule has 1 aliphatic rings. The zero-order chi connectivity index (χ0) is 12.5. The molecule has 0 radical (unpaired) electrons. The Morgan fingerprint density at radius 2 is 2.39 bits per heavy atom. The van der Waals surface area contributed by atoms with E-state index < -0.39 is 0 Å². The smallest absolute Gasteiger partial charge is 0.203 e. The molecule has 1 aliphatic heterocycles. The maximum absolute atomic E-state index is 13.1. The first-order chi connectivity index (χ1) is 8.70. The summed E-state index contributed by atoms with van der Waals surface area (Å²) in [6.07, 6.45) is 0.783. The summed E-state index contributed by atoms with van der Waals surface area (Å²) in [4.78, 5) is 0. The molecule has 0 amide bonds. The van der Waals surface area contributed by atoms with Crippen LogP contribution in [-0.2, 0) is 6.42 Å². The van der Waals surface area contributed by atoms with Crippen LogP contribution in [0.2, 0.25) is 0 Å². The number of rotatable bonds is 3. The Bertz CT molecular complexity index is 575. The maximum Gasteiger partial charge on any atom is 0.203 e. The second kappa shape index (κ2) is 4.74. The lowest BCUT2D eigenvalue weighted by atomic mass is 10.1. The Morgan fingerprint density at radius 1 is 1.50 bits per heavy atom. The van der Waals surface area contributed by atoms with Gasteiger partial charge < -0.3 is 10.5 Å². The van der Waals surface area contributed by atoms with Crippen LogP contribution in [0.15, 0.2) is 22.5 Å². The largest absolute Gasteiger partial charge is 0.489 e. The molecule has 0 saturated heterocycles. The minimum Gasteiger partial charge on any atom is -0.489 e. The zero-order valence-electron chi connectivity index (χ0n) is 9.30. The monoisotopic (exact) mass is 283 g/mol. The molecule has 3 rings (SSSR count). The number of nitrogens with two attached hydrogens (primary N) is 1. The molecule has 2 heterocycles.